The lowest BCUT2D eigenvalue weighted by molar-refractivity contribution is 0.126. The molecule has 1 N–H and O–H groups in total. The normalized spacial score (nSPS) is 14.2. The van der Waals surface area contributed by atoms with Crippen molar-refractivity contribution in [2.75, 3.05) is 0 Å². The third-order valence-electron chi connectivity index (χ3n) is 3.77. The summed E-state index contributed by atoms with van der Waals surface area (Å²) in [5.41, 5.74) is 2.18. The molecule has 2 aromatic rings. The molecule has 0 spiro atoms. The number of aliphatic hydroxyl groups is 1. The second kappa shape index (κ2) is 8.43. The maximum absolute atomic E-state index is 10.6. The summed E-state index contributed by atoms with van der Waals surface area (Å²) in [7, 11) is 0. The molecule has 0 aliphatic carbocycles. The molecule has 0 radical (unpaired) electrons. The summed E-state index contributed by atoms with van der Waals surface area (Å²) >= 11 is 0. The Balaban J connectivity index is 2.12. The largest absolute Gasteiger partial charge is 0.388 e. The lowest BCUT2D eigenvalue weighted by Gasteiger charge is -2.20. The van der Waals surface area contributed by atoms with Crippen molar-refractivity contribution in [3.8, 4) is 0 Å². The summed E-state index contributed by atoms with van der Waals surface area (Å²) < 4.78 is 0. The van der Waals surface area contributed by atoms with Gasteiger partial charge in [0.2, 0.25) is 0 Å². The number of rotatable bonds is 7. The van der Waals surface area contributed by atoms with E-state index < -0.39 is 6.10 Å². The average molecular weight is 280 g/mol. The Morgan fingerprint density at radius 2 is 1.57 bits per heavy atom. The predicted molar refractivity (Wildman–Crippen MR) is 89.9 cm³/mol. The third-order valence-corrected chi connectivity index (χ3v) is 3.77. The van der Waals surface area contributed by atoms with E-state index in [1.807, 2.05) is 48.5 Å². The van der Waals surface area contributed by atoms with E-state index in [0.29, 0.717) is 0 Å². The fraction of sp³-hybridized carbons (Fsp3) is 0.300. The molecule has 0 bridgehead atoms. The fourth-order valence-corrected chi connectivity index (χ4v) is 2.50. The van der Waals surface area contributed by atoms with Gasteiger partial charge >= 0.3 is 0 Å². The van der Waals surface area contributed by atoms with Crippen LogP contribution >= 0.6 is 0 Å². The lowest BCUT2D eigenvalue weighted by atomic mass is 9.90. The van der Waals surface area contributed by atoms with Crippen LogP contribution < -0.4 is 0 Å². The Morgan fingerprint density at radius 3 is 2.19 bits per heavy atom. The second-order valence-electron chi connectivity index (χ2n) is 5.43. The molecule has 110 valence electrons. The van der Waals surface area contributed by atoms with Gasteiger partial charge in [-0.2, -0.15) is 0 Å². The van der Waals surface area contributed by atoms with Crippen molar-refractivity contribution in [2.24, 2.45) is 5.92 Å². The van der Waals surface area contributed by atoms with Gasteiger partial charge in [0.15, 0.2) is 0 Å². The van der Waals surface area contributed by atoms with Gasteiger partial charge in [0.1, 0.15) is 0 Å². The molecule has 1 nitrogen and oxygen atoms in total. The van der Waals surface area contributed by atoms with E-state index in [4.69, 9.17) is 0 Å². The number of benzene rings is 2. The molecule has 0 heterocycles. The van der Waals surface area contributed by atoms with Crippen LogP contribution in [0.15, 0.2) is 66.7 Å². The van der Waals surface area contributed by atoms with Gasteiger partial charge in [0, 0.05) is 5.92 Å². The van der Waals surface area contributed by atoms with Crippen LogP contribution in [-0.2, 0) is 0 Å². The first-order valence-corrected chi connectivity index (χ1v) is 7.77. The van der Waals surface area contributed by atoms with Crippen molar-refractivity contribution in [3.05, 3.63) is 77.9 Å². The maximum Gasteiger partial charge on any atom is 0.0852 e. The van der Waals surface area contributed by atoms with Crippen molar-refractivity contribution in [1.82, 2.24) is 0 Å². The van der Waals surface area contributed by atoms with Gasteiger partial charge in [-0.1, -0.05) is 92.6 Å². The predicted octanol–water partition coefficient (Wildman–Crippen LogP) is 5.24. The Kier molecular flexibility index (Phi) is 6.23. The molecule has 0 aromatic heterocycles. The summed E-state index contributed by atoms with van der Waals surface area (Å²) in [4.78, 5) is 0. The van der Waals surface area contributed by atoms with Gasteiger partial charge in [-0.15, -0.1) is 0 Å². The van der Waals surface area contributed by atoms with Crippen LogP contribution in [-0.4, -0.2) is 5.11 Å². The highest BCUT2D eigenvalue weighted by molar-refractivity contribution is 5.49. The van der Waals surface area contributed by atoms with Crippen molar-refractivity contribution in [3.63, 3.8) is 0 Å². The van der Waals surface area contributed by atoms with Crippen LogP contribution in [0.3, 0.4) is 0 Å². The van der Waals surface area contributed by atoms with Crippen molar-refractivity contribution >= 4 is 6.08 Å². The molecule has 0 saturated carbocycles. The minimum absolute atomic E-state index is 0.160. The van der Waals surface area contributed by atoms with Gasteiger partial charge in [-0.25, -0.2) is 0 Å². The Bertz CT molecular complexity index is 530. The molecule has 0 saturated heterocycles. The molecule has 0 fully saturated rings. The molecule has 21 heavy (non-hydrogen) atoms. The van der Waals surface area contributed by atoms with Crippen LogP contribution in [0.1, 0.15) is 43.4 Å². The first-order chi connectivity index (χ1) is 10.3. The summed E-state index contributed by atoms with van der Waals surface area (Å²) in [5.74, 6) is 0.160. The molecule has 0 amide bonds. The van der Waals surface area contributed by atoms with Crippen molar-refractivity contribution in [2.45, 2.75) is 32.3 Å². The summed E-state index contributed by atoms with van der Waals surface area (Å²) in [6, 6.07) is 20.2. The topological polar surface area (TPSA) is 20.2 Å². The first kappa shape index (κ1) is 15.5. The maximum atomic E-state index is 10.6. The molecule has 2 rings (SSSR count). The summed E-state index contributed by atoms with van der Waals surface area (Å²) in [5, 5.41) is 10.6. The van der Waals surface area contributed by atoms with Crippen LogP contribution in [0.4, 0.5) is 0 Å². The summed E-state index contributed by atoms with van der Waals surface area (Å²) in [6.45, 7) is 2.19. The van der Waals surface area contributed by atoms with Crippen LogP contribution in [0.5, 0.6) is 0 Å². The lowest BCUT2D eigenvalue weighted by Crippen LogP contribution is -2.10. The minimum Gasteiger partial charge on any atom is -0.388 e. The Morgan fingerprint density at radius 1 is 0.952 bits per heavy atom. The van der Waals surface area contributed by atoms with Crippen LogP contribution in [0.25, 0.3) is 6.08 Å². The molecule has 0 aliphatic heterocycles. The van der Waals surface area contributed by atoms with Gasteiger partial charge in [-0.3, -0.25) is 0 Å². The van der Waals surface area contributed by atoms with E-state index in [2.05, 4.69) is 31.2 Å². The number of aliphatic hydroxyl groups excluding tert-OH is 1. The molecular formula is C20H24O. The Hall–Kier alpha value is -1.86. The van der Waals surface area contributed by atoms with E-state index in [0.717, 1.165) is 24.8 Å². The quantitative estimate of drug-likeness (QED) is 0.735. The molecule has 2 atom stereocenters. The zero-order chi connectivity index (χ0) is 14.9. The van der Waals surface area contributed by atoms with Crippen molar-refractivity contribution < 1.29 is 5.11 Å². The number of unbranched alkanes of at least 4 members (excludes halogenated alkanes) is 1. The number of hydrogen-bond donors (Lipinski definition) is 1. The van der Waals surface area contributed by atoms with Gasteiger partial charge in [0.25, 0.3) is 0 Å². The smallest absolute Gasteiger partial charge is 0.0852 e. The van der Waals surface area contributed by atoms with Crippen LogP contribution in [0.2, 0.25) is 0 Å². The van der Waals surface area contributed by atoms with Crippen molar-refractivity contribution in [1.29, 1.82) is 0 Å². The van der Waals surface area contributed by atoms with E-state index in [-0.39, 0.29) is 5.92 Å². The zero-order valence-corrected chi connectivity index (χ0v) is 12.7. The standard InChI is InChI=1S/C20H24O/c1-2-3-12-19(16-15-17-10-6-4-7-11-17)20(21)18-13-8-5-9-14-18/h4-11,13-16,19-21H,2-3,12H2,1H3/b16-15-/t19-,20+/m0/s1. The summed E-state index contributed by atoms with van der Waals surface area (Å²) in [6.07, 6.45) is 7.13. The third kappa shape index (κ3) is 4.87. The van der Waals surface area contributed by atoms with Gasteiger partial charge < -0.3 is 5.11 Å². The second-order valence-corrected chi connectivity index (χ2v) is 5.43. The minimum atomic E-state index is -0.433. The number of hydrogen-bond acceptors (Lipinski definition) is 1. The molecule has 0 unspecified atom stereocenters. The molecule has 1 heteroatoms. The van der Waals surface area contributed by atoms with Gasteiger partial charge in [-0.05, 0) is 17.5 Å². The monoisotopic (exact) mass is 280 g/mol. The SMILES string of the molecule is CCCC[C@@H](/C=C\c1ccccc1)[C@H](O)c1ccccc1. The molecule has 0 aliphatic rings. The average Bonchev–Trinajstić information content (AvgIpc) is 2.56. The van der Waals surface area contributed by atoms with E-state index >= 15 is 0 Å². The van der Waals surface area contributed by atoms with E-state index in [1.54, 1.807) is 0 Å². The van der Waals surface area contributed by atoms with Crippen LogP contribution in [0, 0.1) is 5.92 Å². The molecule has 2 aromatic carbocycles. The highest BCUT2D eigenvalue weighted by atomic mass is 16.3. The van der Waals surface area contributed by atoms with E-state index in [9.17, 15) is 5.11 Å². The van der Waals surface area contributed by atoms with E-state index in [1.165, 1.54) is 5.56 Å². The highest BCUT2D eigenvalue weighted by Gasteiger charge is 2.17. The zero-order valence-electron chi connectivity index (χ0n) is 12.7. The fourth-order valence-electron chi connectivity index (χ4n) is 2.50. The Labute approximate surface area is 128 Å². The van der Waals surface area contributed by atoms with Gasteiger partial charge in [0.05, 0.1) is 6.10 Å². The first-order valence-electron chi connectivity index (χ1n) is 7.77. The highest BCUT2D eigenvalue weighted by Crippen LogP contribution is 2.28. The molecular weight excluding hydrogens is 256 g/mol.